The lowest BCUT2D eigenvalue weighted by Crippen LogP contribution is -2.26. The molecule has 0 atom stereocenters. The number of ether oxygens (including phenoxy) is 1. The van der Waals surface area contributed by atoms with Crippen molar-refractivity contribution in [3.63, 3.8) is 0 Å². The molecule has 2 rings (SSSR count). The van der Waals surface area contributed by atoms with Crippen molar-refractivity contribution >= 4 is 17.5 Å². The van der Waals surface area contributed by atoms with Crippen LogP contribution in [0.4, 0.5) is 0 Å². The summed E-state index contributed by atoms with van der Waals surface area (Å²) in [4.78, 5) is 11.9. The van der Waals surface area contributed by atoms with Gasteiger partial charge in [0.1, 0.15) is 11.5 Å². The van der Waals surface area contributed by atoms with Crippen molar-refractivity contribution in [1.82, 2.24) is 10.5 Å². The summed E-state index contributed by atoms with van der Waals surface area (Å²) in [6.45, 7) is 4.90. The summed E-state index contributed by atoms with van der Waals surface area (Å²) in [6, 6.07) is 7.28. The fourth-order valence-corrected chi connectivity index (χ4v) is 2.28. The Morgan fingerprint density at radius 3 is 2.65 bits per heavy atom. The predicted octanol–water partition coefficient (Wildman–Crippen LogP) is 3.46. The Labute approximate surface area is 141 Å². The molecule has 0 unspecified atom stereocenters. The Kier molecular flexibility index (Phi) is 6.47. The lowest BCUT2D eigenvalue weighted by Gasteiger charge is -2.07. The van der Waals surface area contributed by atoms with Gasteiger partial charge in [-0.15, -0.1) is 0 Å². The minimum atomic E-state index is -0.0157. The van der Waals surface area contributed by atoms with E-state index >= 15 is 0 Å². The lowest BCUT2D eigenvalue weighted by atomic mass is 10.1. The quantitative estimate of drug-likeness (QED) is 0.750. The van der Waals surface area contributed by atoms with Crippen molar-refractivity contribution in [3.05, 3.63) is 46.3 Å². The number of halogens is 1. The van der Waals surface area contributed by atoms with Crippen LogP contribution in [0, 0.1) is 13.8 Å². The molecule has 2 aromatic rings. The number of aromatic nitrogens is 1. The minimum absolute atomic E-state index is 0.0157. The number of hydrogen-bond donors (Lipinski definition) is 1. The van der Waals surface area contributed by atoms with Crippen molar-refractivity contribution < 1.29 is 14.1 Å². The van der Waals surface area contributed by atoms with Gasteiger partial charge < -0.3 is 14.6 Å². The zero-order chi connectivity index (χ0) is 16.7. The maximum absolute atomic E-state index is 11.9. The summed E-state index contributed by atoms with van der Waals surface area (Å²) in [6.07, 6.45) is 2.04. The minimum Gasteiger partial charge on any atom is -0.494 e. The molecule has 0 fully saturated rings. The van der Waals surface area contributed by atoms with Crippen molar-refractivity contribution in [1.29, 1.82) is 0 Å². The topological polar surface area (TPSA) is 64.4 Å². The number of carbonyl (C=O) groups excluding carboxylic acids is 1. The first-order valence-electron chi connectivity index (χ1n) is 7.63. The highest BCUT2D eigenvalue weighted by Crippen LogP contribution is 2.15. The Morgan fingerprint density at radius 1 is 1.26 bits per heavy atom. The molecule has 0 aliphatic carbocycles. The van der Waals surface area contributed by atoms with Gasteiger partial charge in [0.15, 0.2) is 0 Å². The highest BCUT2D eigenvalue weighted by atomic mass is 35.5. The maximum Gasteiger partial charge on any atom is 0.224 e. The first kappa shape index (κ1) is 17.3. The zero-order valence-electron chi connectivity index (χ0n) is 13.4. The molecule has 1 amide bonds. The summed E-state index contributed by atoms with van der Waals surface area (Å²) in [5.41, 5.74) is 1.64. The van der Waals surface area contributed by atoms with Crippen LogP contribution in [0.2, 0.25) is 5.02 Å². The highest BCUT2D eigenvalue weighted by Gasteiger charge is 2.12. The van der Waals surface area contributed by atoms with Crippen LogP contribution in [-0.2, 0) is 11.2 Å². The molecule has 1 heterocycles. The number of benzene rings is 1. The third-order valence-electron chi connectivity index (χ3n) is 3.49. The normalized spacial score (nSPS) is 10.6. The number of unbranched alkanes of at least 4 members (excludes halogenated alkanes) is 1. The molecule has 0 aliphatic rings. The van der Waals surface area contributed by atoms with Crippen LogP contribution >= 0.6 is 11.6 Å². The number of aryl methyl sites for hydroxylation is 2. The van der Waals surface area contributed by atoms with Gasteiger partial charge in [-0.25, -0.2) is 0 Å². The van der Waals surface area contributed by atoms with Gasteiger partial charge in [-0.05, 0) is 51.0 Å². The Morgan fingerprint density at radius 2 is 2.00 bits per heavy atom. The highest BCUT2D eigenvalue weighted by molar-refractivity contribution is 6.30. The molecular weight excluding hydrogens is 316 g/mol. The second kappa shape index (κ2) is 8.58. The second-order valence-corrected chi connectivity index (χ2v) is 5.78. The summed E-state index contributed by atoms with van der Waals surface area (Å²) in [5.74, 6) is 1.49. The van der Waals surface area contributed by atoms with E-state index in [2.05, 4.69) is 10.5 Å². The van der Waals surface area contributed by atoms with Crippen molar-refractivity contribution in [2.24, 2.45) is 0 Å². The molecule has 1 aromatic carbocycles. The van der Waals surface area contributed by atoms with E-state index in [1.807, 2.05) is 26.0 Å². The lowest BCUT2D eigenvalue weighted by molar-refractivity contribution is -0.120. The van der Waals surface area contributed by atoms with Crippen LogP contribution in [0.25, 0.3) is 0 Å². The third-order valence-corrected chi connectivity index (χ3v) is 3.75. The zero-order valence-corrected chi connectivity index (χ0v) is 14.2. The summed E-state index contributed by atoms with van der Waals surface area (Å²) < 4.78 is 10.6. The number of hydrogen-bond acceptors (Lipinski definition) is 4. The maximum atomic E-state index is 11.9. The monoisotopic (exact) mass is 336 g/mol. The summed E-state index contributed by atoms with van der Waals surface area (Å²) >= 11 is 5.81. The molecule has 0 saturated carbocycles. The SMILES string of the molecule is Cc1noc(C)c1CC(=O)NCCCCOc1ccc(Cl)cc1. The van der Waals surface area contributed by atoms with Crippen LogP contribution in [-0.4, -0.2) is 24.2 Å². The van der Waals surface area contributed by atoms with E-state index in [1.54, 1.807) is 12.1 Å². The van der Waals surface area contributed by atoms with Gasteiger partial charge in [0.25, 0.3) is 0 Å². The number of nitrogens with one attached hydrogen (secondary N) is 1. The van der Waals surface area contributed by atoms with E-state index < -0.39 is 0 Å². The molecular formula is C17H21ClN2O3. The molecule has 0 spiro atoms. The molecule has 0 saturated heterocycles. The van der Waals surface area contributed by atoms with Crippen molar-refractivity contribution in [2.45, 2.75) is 33.1 Å². The Bertz CT molecular complexity index is 618. The molecule has 124 valence electrons. The van der Waals surface area contributed by atoms with Crippen LogP contribution in [0.15, 0.2) is 28.8 Å². The fourth-order valence-electron chi connectivity index (χ4n) is 2.15. The Hall–Kier alpha value is -2.01. The first-order chi connectivity index (χ1) is 11.1. The largest absolute Gasteiger partial charge is 0.494 e. The molecule has 1 N–H and O–H groups in total. The van der Waals surface area contributed by atoms with Crippen LogP contribution in [0.5, 0.6) is 5.75 Å². The van der Waals surface area contributed by atoms with E-state index in [4.69, 9.17) is 20.9 Å². The average Bonchev–Trinajstić information content (AvgIpc) is 2.84. The van der Waals surface area contributed by atoms with Crippen molar-refractivity contribution in [2.75, 3.05) is 13.2 Å². The van der Waals surface area contributed by atoms with Gasteiger partial charge in [0.05, 0.1) is 18.7 Å². The van der Waals surface area contributed by atoms with E-state index in [9.17, 15) is 4.79 Å². The number of carbonyl (C=O) groups is 1. The van der Waals surface area contributed by atoms with Gasteiger partial charge in [0.2, 0.25) is 5.91 Å². The average molecular weight is 337 g/mol. The standard InChI is InChI=1S/C17H21ClN2O3/c1-12-16(13(2)23-20-12)11-17(21)19-9-3-4-10-22-15-7-5-14(18)6-8-15/h5-8H,3-4,9-11H2,1-2H3,(H,19,21). The molecule has 0 radical (unpaired) electrons. The van der Waals surface area contributed by atoms with E-state index in [-0.39, 0.29) is 5.91 Å². The molecule has 23 heavy (non-hydrogen) atoms. The summed E-state index contributed by atoms with van der Waals surface area (Å²) in [5, 5.41) is 7.44. The predicted molar refractivity (Wildman–Crippen MR) is 88.9 cm³/mol. The van der Waals surface area contributed by atoms with Gasteiger partial charge in [-0.1, -0.05) is 16.8 Å². The van der Waals surface area contributed by atoms with Crippen LogP contribution < -0.4 is 10.1 Å². The molecule has 1 aromatic heterocycles. The van der Waals surface area contributed by atoms with E-state index in [0.29, 0.717) is 30.4 Å². The number of rotatable bonds is 8. The molecule has 5 nitrogen and oxygen atoms in total. The number of amides is 1. The van der Waals surface area contributed by atoms with E-state index in [1.165, 1.54) is 0 Å². The smallest absolute Gasteiger partial charge is 0.224 e. The second-order valence-electron chi connectivity index (χ2n) is 5.34. The summed E-state index contributed by atoms with van der Waals surface area (Å²) in [7, 11) is 0. The molecule has 6 heteroatoms. The van der Waals surface area contributed by atoms with E-state index in [0.717, 1.165) is 29.8 Å². The van der Waals surface area contributed by atoms with Crippen LogP contribution in [0.1, 0.15) is 29.9 Å². The molecule has 0 bridgehead atoms. The van der Waals surface area contributed by atoms with Gasteiger partial charge in [0, 0.05) is 17.1 Å². The number of nitrogens with zero attached hydrogens (tertiary/aromatic N) is 1. The fraction of sp³-hybridized carbons (Fsp3) is 0.412. The van der Waals surface area contributed by atoms with Crippen molar-refractivity contribution in [3.8, 4) is 5.75 Å². The molecule has 0 aliphatic heterocycles. The third kappa shape index (κ3) is 5.60. The Balaban J connectivity index is 1.58. The first-order valence-corrected chi connectivity index (χ1v) is 8.01. The van der Waals surface area contributed by atoms with Gasteiger partial charge in [-0.2, -0.15) is 0 Å². The van der Waals surface area contributed by atoms with Gasteiger partial charge in [-0.3, -0.25) is 4.79 Å². The van der Waals surface area contributed by atoms with Crippen LogP contribution in [0.3, 0.4) is 0 Å². The van der Waals surface area contributed by atoms with Gasteiger partial charge >= 0.3 is 0 Å².